The zero-order valence-electron chi connectivity index (χ0n) is 18.3. The highest BCUT2D eigenvalue weighted by atomic mass is 16.1. The Morgan fingerprint density at radius 3 is 1.70 bits per heavy atom. The minimum absolute atomic E-state index is 0.176. The molecule has 3 heteroatoms. The Morgan fingerprint density at radius 2 is 1.19 bits per heavy atom. The van der Waals surface area contributed by atoms with Gasteiger partial charge in [0.1, 0.15) is 0 Å². The number of hydrogen-bond donors (Lipinski definition) is 2. The van der Waals surface area contributed by atoms with Crippen molar-refractivity contribution in [2.75, 3.05) is 13.1 Å². The van der Waals surface area contributed by atoms with Crippen molar-refractivity contribution in [3.63, 3.8) is 0 Å². The summed E-state index contributed by atoms with van der Waals surface area (Å²) in [7, 11) is 0. The van der Waals surface area contributed by atoms with Crippen LogP contribution in [0.1, 0.15) is 129 Å². The fourth-order valence-electron chi connectivity index (χ4n) is 4.15. The molecule has 0 aromatic rings. The van der Waals surface area contributed by atoms with Crippen molar-refractivity contribution in [3.8, 4) is 0 Å². The predicted octanol–water partition coefficient (Wildman–Crippen LogP) is 6.51. The zero-order valence-corrected chi connectivity index (χ0v) is 18.3. The number of carbonyl (C=O) groups excluding carboxylic acids is 1. The number of hydrogen-bond acceptors (Lipinski definition) is 2. The molecule has 1 aliphatic carbocycles. The second kappa shape index (κ2) is 18.8. The predicted molar refractivity (Wildman–Crippen MR) is 118 cm³/mol. The molecule has 1 rings (SSSR count). The van der Waals surface area contributed by atoms with Gasteiger partial charge in [-0.2, -0.15) is 0 Å². The summed E-state index contributed by atoms with van der Waals surface area (Å²) in [6, 6.07) is 0.575. The summed E-state index contributed by atoms with van der Waals surface area (Å²) < 4.78 is 0. The number of rotatable bonds is 18. The lowest BCUT2D eigenvalue weighted by atomic mass is 9.95. The van der Waals surface area contributed by atoms with Crippen molar-refractivity contribution in [1.82, 2.24) is 10.6 Å². The van der Waals surface area contributed by atoms with Crippen LogP contribution in [0, 0.1) is 0 Å². The molecule has 0 bridgehead atoms. The summed E-state index contributed by atoms with van der Waals surface area (Å²) >= 11 is 0. The minimum Gasteiger partial charge on any atom is -0.355 e. The maximum Gasteiger partial charge on any atom is 0.233 e. The second-order valence-electron chi connectivity index (χ2n) is 8.66. The molecule has 0 spiro atoms. The Kier molecular flexibility index (Phi) is 17.0. The first-order valence-electron chi connectivity index (χ1n) is 12.3. The largest absolute Gasteiger partial charge is 0.355 e. The molecular formula is C24H48N2O. The van der Waals surface area contributed by atoms with Crippen LogP contribution in [0.5, 0.6) is 0 Å². The van der Waals surface area contributed by atoms with Gasteiger partial charge in [-0.1, -0.05) is 110 Å². The SMILES string of the molecule is CCCCCCCCCCCCCCCCNC(=O)CNC1CCCCC1. The minimum atomic E-state index is 0.176. The van der Waals surface area contributed by atoms with Crippen molar-refractivity contribution in [2.24, 2.45) is 0 Å². The highest BCUT2D eigenvalue weighted by Gasteiger charge is 2.13. The molecule has 160 valence electrons. The Bertz CT molecular complexity index is 326. The van der Waals surface area contributed by atoms with E-state index in [9.17, 15) is 4.79 Å². The van der Waals surface area contributed by atoms with E-state index in [2.05, 4.69) is 17.6 Å². The summed E-state index contributed by atoms with van der Waals surface area (Å²) in [5.74, 6) is 0.176. The maximum absolute atomic E-state index is 11.8. The van der Waals surface area contributed by atoms with E-state index in [-0.39, 0.29) is 5.91 Å². The molecule has 0 aromatic heterocycles. The second-order valence-corrected chi connectivity index (χ2v) is 8.66. The first kappa shape index (κ1) is 24.5. The van der Waals surface area contributed by atoms with Gasteiger partial charge in [-0.25, -0.2) is 0 Å². The van der Waals surface area contributed by atoms with Gasteiger partial charge in [-0.3, -0.25) is 4.79 Å². The molecule has 0 aromatic carbocycles. The quantitative estimate of drug-likeness (QED) is 0.266. The summed E-state index contributed by atoms with van der Waals surface area (Å²) in [5.41, 5.74) is 0. The number of nitrogens with one attached hydrogen (secondary N) is 2. The molecular weight excluding hydrogens is 332 g/mol. The van der Waals surface area contributed by atoms with Gasteiger partial charge in [0, 0.05) is 12.6 Å². The van der Waals surface area contributed by atoms with Gasteiger partial charge in [0.25, 0.3) is 0 Å². The van der Waals surface area contributed by atoms with Crippen LogP contribution in [0.15, 0.2) is 0 Å². The van der Waals surface area contributed by atoms with Crippen LogP contribution in [-0.2, 0) is 4.79 Å². The third-order valence-electron chi connectivity index (χ3n) is 6.01. The van der Waals surface area contributed by atoms with Gasteiger partial charge in [-0.15, -0.1) is 0 Å². The van der Waals surface area contributed by atoms with E-state index in [1.165, 1.54) is 116 Å². The maximum atomic E-state index is 11.8. The smallest absolute Gasteiger partial charge is 0.233 e. The average molecular weight is 381 g/mol. The van der Waals surface area contributed by atoms with Crippen LogP contribution in [0.2, 0.25) is 0 Å². The monoisotopic (exact) mass is 380 g/mol. The van der Waals surface area contributed by atoms with E-state index >= 15 is 0 Å². The molecule has 0 atom stereocenters. The Hall–Kier alpha value is -0.570. The topological polar surface area (TPSA) is 41.1 Å². The molecule has 1 fully saturated rings. The molecule has 0 heterocycles. The van der Waals surface area contributed by atoms with Gasteiger partial charge in [0.05, 0.1) is 6.54 Å². The number of carbonyl (C=O) groups is 1. The van der Waals surface area contributed by atoms with E-state index in [1.54, 1.807) is 0 Å². The summed E-state index contributed by atoms with van der Waals surface area (Å²) in [6.07, 6.45) is 25.8. The third-order valence-corrected chi connectivity index (χ3v) is 6.01. The van der Waals surface area contributed by atoms with Crippen molar-refractivity contribution in [1.29, 1.82) is 0 Å². The van der Waals surface area contributed by atoms with Gasteiger partial charge in [0.15, 0.2) is 0 Å². The zero-order chi connectivity index (χ0) is 19.4. The van der Waals surface area contributed by atoms with Crippen LogP contribution in [0.4, 0.5) is 0 Å². The van der Waals surface area contributed by atoms with Crippen molar-refractivity contribution in [3.05, 3.63) is 0 Å². The van der Waals surface area contributed by atoms with Crippen LogP contribution in [0.25, 0.3) is 0 Å². The van der Waals surface area contributed by atoms with E-state index in [4.69, 9.17) is 0 Å². The first-order chi connectivity index (χ1) is 13.3. The van der Waals surface area contributed by atoms with Gasteiger partial charge in [-0.05, 0) is 19.3 Å². The molecule has 3 nitrogen and oxygen atoms in total. The lowest BCUT2D eigenvalue weighted by Crippen LogP contribution is -2.40. The third kappa shape index (κ3) is 16.1. The molecule has 1 saturated carbocycles. The highest BCUT2D eigenvalue weighted by Crippen LogP contribution is 2.17. The molecule has 2 N–H and O–H groups in total. The Morgan fingerprint density at radius 1 is 0.704 bits per heavy atom. The summed E-state index contributed by atoms with van der Waals surface area (Å²) in [5, 5.41) is 6.48. The molecule has 1 amide bonds. The molecule has 0 aliphatic heterocycles. The molecule has 0 unspecified atom stereocenters. The number of unbranched alkanes of at least 4 members (excludes halogenated alkanes) is 13. The van der Waals surface area contributed by atoms with E-state index in [0.29, 0.717) is 12.6 Å². The van der Waals surface area contributed by atoms with Gasteiger partial charge in [0.2, 0.25) is 5.91 Å². The van der Waals surface area contributed by atoms with Gasteiger partial charge >= 0.3 is 0 Å². The van der Waals surface area contributed by atoms with Crippen molar-refractivity contribution in [2.45, 2.75) is 135 Å². The summed E-state index contributed by atoms with van der Waals surface area (Å²) in [4.78, 5) is 11.8. The Labute approximate surface area is 169 Å². The normalized spacial score (nSPS) is 15.1. The Balaban J connectivity index is 1.73. The standard InChI is InChI=1S/C24H48N2O/c1-2-3-4-5-6-7-8-9-10-11-12-13-14-18-21-25-24(27)22-26-23-19-16-15-17-20-23/h23,26H,2-22H2,1H3,(H,25,27). The lowest BCUT2D eigenvalue weighted by Gasteiger charge is -2.22. The first-order valence-corrected chi connectivity index (χ1v) is 12.3. The van der Waals surface area contributed by atoms with Crippen LogP contribution >= 0.6 is 0 Å². The molecule has 1 aliphatic rings. The van der Waals surface area contributed by atoms with Crippen LogP contribution in [-0.4, -0.2) is 25.0 Å². The fourth-order valence-corrected chi connectivity index (χ4v) is 4.15. The van der Waals surface area contributed by atoms with Crippen LogP contribution < -0.4 is 10.6 Å². The average Bonchev–Trinajstić information content (AvgIpc) is 2.70. The van der Waals surface area contributed by atoms with Crippen molar-refractivity contribution >= 4 is 5.91 Å². The fraction of sp³-hybridized carbons (Fsp3) is 0.958. The lowest BCUT2D eigenvalue weighted by molar-refractivity contribution is -0.120. The van der Waals surface area contributed by atoms with Crippen molar-refractivity contribution < 1.29 is 4.79 Å². The molecule has 0 saturated heterocycles. The number of amides is 1. The van der Waals surface area contributed by atoms with Crippen LogP contribution in [0.3, 0.4) is 0 Å². The summed E-state index contributed by atoms with van der Waals surface area (Å²) in [6.45, 7) is 3.64. The molecule has 27 heavy (non-hydrogen) atoms. The van der Waals surface area contributed by atoms with Gasteiger partial charge < -0.3 is 10.6 Å². The molecule has 0 radical (unpaired) electrons. The van der Waals surface area contributed by atoms with E-state index in [1.807, 2.05) is 0 Å². The van der Waals surface area contributed by atoms with E-state index in [0.717, 1.165) is 13.0 Å². The van der Waals surface area contributed by atoms with E-state index < -0.39 is 0 Å². The highest BCUT2D eigenvalue weighted by molar-refractivity contribution is 5.77.